The molecular weight excluding hydrogens is 599 g/mol. The summed E-state index contributed by atoms with van der Waals surface area (Å²) in [7, 11) is 0. The number of benzene rings is 8. The van der Waals surface area contributed by atoms with E-state index in [1.165, 1.54) is 22.1 Å². The van der Waals surface area contributed by atoms with Crippen molar-refractivity contribution in [1.82, 2.24) is 0 Å². The number of hydrogen-bond acceptors (Lipinski definition) is 3. The zero-order valence-electron chi connectivity index (χ0n) is 26.5. The van der Waals surface area contributed by atoms with Crippen LogP contribution in [0.25, 0.3) is 76.9 Å². The zero-order chi connectivity index (χ0) is 32.3. The minimum atomic E-state index is 0.854. The fourth-order valence-electron chi connectivity index (χ4n) is 7.33. The number of nitrogens with zero attached hydrogens (tertiary/aromatic N) is 1. The molecular formula is C46H29NO2. The summed E-state index contributed by atoms with van der Waals surface area (Å²) < 4.78 is 13.0. The summed E-state index contributed by atoms with van der Waals surface area (Å²) in [5.74, 6) is 0. The van der Waals surface area contributed by atoms with Gasteiger partial charge in [-0.2, -0.15) is 0 Å². The van der Waals surface area contributed by atoms with E-state index in [0.717, 1.165) is 71.9 Å². The molecule has 0 saturated carbocycles. The maximum atomic E-state index is 6.63. The van der Waals surface area contributed by atoms with Gasteiger partial charge in [-0.3, -0.25) is 0 Å². The summed E-state index contributed by atoms with van der Waals surface area (Å²) >= 11 is 0. The lowest BCUT2D eigenvalue weighted by Crippen LogP contribution is -2.09. The minimum absolute atomic E-state index is 0.854. The summed E-state index contributed by atoms with van der Waals surface area (Å²) in [5.41, 5.74) is 11.3. The van der Waals surface area contributed by atoms with E-state index in [1.807, 2.05) is 12.1 Å². The molecule has 0 bridgehead atoms. The summed E-state index contributed by atoms with van der Waals surface area (Å²) in [6.45, 7) is 0. The quantitative estimate of drug-likeness (QED) is 0.190. The monoisotopic (exact) mass is 627 g/mol. The number of hydrogen-bond donors (Lipinski definition) is 0. The Hall–Kier alpha value is -6.58. The molecule has 10 rings (SSSR count). The third kappa shape index (κ3) is 4.51. The topological polar surface area (TPSA) is 29.5 Å². The number of para-hydroxylation sites is 1. The van der Waals surface area contributed by atoms with Gasteiger partial charge in [-0.25, -0.2) is 0 Å². The van der Waals surface area contributed by atoms with E-state index in [2.05, 4.69) is 169 Å². The molecule has 0 aliphatic rings. The van der Waals surface area contributed by atoms with Crippen molar-refractivity contribution in [2.75, 3.05) is 4.90 Å². The maximum absolute atomic E-state index is 6.63. The van der Waals surface area contributed by atoms with Crippen LogP contribution in [0.2, 0.25) is 0 Å². The highest BCUT2D eigenvalue weighted by molar-refractivity contribution is 6.15. The van der Waals surface area contributed by atoms with Gasteiger partial charge in [-0.15, -0.1) is 0 Å². The molecule has 0 aliphatic heterocycles. The van der Waals surface area contributed by atoms with E-state index < -0.39 is 0 Å². The van der Waals surface area contributed by atoms with Gasteiger partial charge >= 0.3 is 0 Å². The predicted molar refractivity (Wildman–Crippen MR) is 204 cm³/mol. The molecule has 0 aliphatic carbocycles. The standard InChI is InChI=1S/C46H29NO2/c1-2-10-30(11-3-1)36-13-6-7-14-37(36)32-18-21-33(22-19-32)47(34-23-26-40-39-16-8-9-17-43(39)48-44(40)28-34)35-24-27-41-42-25-20-31-12-4-5-15-38(31)46(42)49-45(41)29-35/h1-29H. The Morgan fingerprint density at radius 1 is 0.327 bits per heavy atom. The van der Waals surface area contributed by atoms with Gasteiger partial charge in [-0.05, 0) is 76.2 Å². The number of fused-ring (bicyclic) bond motifs is 8. The Bertz CT molecular complexity index is 2830. The summed E-state index contributed by atoms with van der Waals surface area (Å²) in [6.07, 6.45) is 0. The van der Waals surface area contributed by atoms with Crippen molar-refractivity contribution in [1.29, 1.82) is 0 Å². The smallest absolute Gasteiger partial charge is 0.143 e. The Morgan fingerprint density at radius 3 is 1.61 bits per heavy atom. The molecule has 0 radical (unpaired) electrons. The second-order valence-electron chi connectivity index (χ2n) is 12.5. The van der Waals surface area contributed by atoms with Crippen LogP contribution in [-0.2, 0) is 0 Å². The zero-order valence-corrected chi connectivity index (χ0v) is 26.5. The SMILES string of the molecule is c1ccc(-c2ccccc2-c2ccc(N(c3ccc4c(c3)oc3ccccc34)c3ccc4c(c3)oc3c5ccccc5ccc43)cc2)cc1. The Labute approximate surface area is 282 Å². The fourth-order valence-corrected chi connectivity index (χ4v) is 7.33. The Kier molecular flexibility index (Phi) is 6.18. The number of anilines is 3. The maximum Gasteiger partial charge on any atom is 0.143 e. The molecule has 0 N–H and O–H groups in total. The fraction of sp³-hybridized carbons (Fsp3) is 0. The average molecular weight is 628 g/mol. The van der Waals surface area contributed by atoms with Gasteiger partial charge in [0.1, 0.15) is 22.3 Å². The van der Waals surface area contributed by atoms with Crippen molar-refractivity contribution < 1.29 is 8.83 Å². The summed E-state index contributed by atoms with van der Waals surface area (Å²) in [6, 6.07) is 62.0. The lowest BCUT2D eigenvalue weighted by atomic mass is 9.94. The van der Waals surface area contributed by atoms with Gasteiger partial charge in [0.15, 0.2) is 0 Å². The lowest BCUT2D eigenvalue weighted by molar-refractivity contribution is 0.669. The van der Waals surface area contributed by atoms with Crippen LogP contribution in [0.15, 0.2) is 185 Å². The molecule has 2 heterocycles. The molecule has 49 heavy (non-hydrogen) atoms. The van der Waals surface area contributed by atoms with E-state index in [-0.39, 0.29) is 0 Å². The van der Waals surface area contributed by atoms with E-state index in [4.69, 9.17) is 8.83 Å². The summed E-state index contributed by atoms with van der Waals surface area (Å²) in [5, 5.41) is 6.74. The second kappa shape index (κ2) is 11.0. The third-order valence-corrected chi connectivity index (χ3v) is 9.67. The van der Waals surface area contributed by atoms with Gasteiger partial charge < -0.3 is 13.7 Å². The van der Waals surface area contributed by atoms with Gasteiger partial charge in [0.05, 0.1) is 0 Å². The molecule has 8 aromatic carbocycles. The Morgan fingerprint density at radius 2 is 0.857 bits per heavy atom. The van der Waals surface area contributed by atoms with Gasteiger partial charge in [0, 0.05) is 56.1 Å². The third-order valence-electron chi connectivity index (χ3n) is 9.67. The molecule has 0 spiro atoms. The van der Waals surface area contributed by atoms with Gasteiger partial charge in [0.25, 0.3) is 0 Å². The first-order valence-electron chi connectivity index (χ1n) is 16.6. The van der Waals surface area contributed by atoms with Crippen molar-refractivity contribution in [3.8, 4) is 22.3 Å². The van der Waals surface area contributed by atoms with Crippen molar-refractivity contribution >= 4 is 71.7 Å². The summed E-state index contributed by atoms with van der Waals surface area (Å²) in [4.78, 5) is 2.28. The Balaban J connectivity index is 1.14. The molecule has 0 unspecified atom stereocenters. The van der Waals surface area contributed by atoms with Gasteiger partial charge in [-0.1, -0.05) is 115 Å². The highest BCUT2D eigenvalue weighted by Crippen LogP contribution is 2.42. The largest absolute Gasteiger partial charge is 0.456 e. The average Bonchev–Trinajstić information content (AvgIpc) is 3.73. The van der Waals surface area contributed by atoms with Crippen molar-refractivity contribution in [3.05, 3.63) is 176 Å². The number of rotatable bonds is 5. The van der Waals surface area contributed by atoms with Crippen LogP contribution in [0.3, 0.4) is 0 Å². The van der Waals surface area contributed by atoms with Crippen LogP contribution < -0.4 is 4.90 Å². The van der Waals surface area contributed by atoms with Crippen molar-refractivity contribution in [2.45, 2.75) is 0 Å². The highest BCUT2D eigenvalue weighted by Gasteiger charge is 2.19. The molecule has 2 aromatic heterocycles. The van der Waals surface area contributed by atoms with Gasteiger partial charge in [0.2, 0.25) is 0 Å². The van der Waals surface area contributed by atoms with Crippen LogP contribution in [0.5, 0.6) is 0 Å². The highest BCUT2D eigenvalue weighted by atomic mass is 16.3. The van der Waals surface area contributed by atoms with Crippen LogP contribution in [-0.4, -0.2) is 0 Å². The van der Waals surface area contributed by atoms with Crippen LogP contribution in [0.1, 0.15) is 0 Å². The van der Waals surface area contributed by atoms with Crippen molar-refractivity contribution in [2.24, 2.45) is 0 Å². The normalized spacial score (nSPS) is 11.7. The van der Waals surface area contributed by atoms with E-state index >= 15 is 0 Å². The van der Waals surface area contributed by atoms with E-state index in [1.54, 1.807) is 0 Å². The minimum Gasteiger partial charge on any atom is -0.456 e. The molecule has 3 nitrogen and oxygen atoms in total. The first-order valence-corrected chi connectivity index (χ1v) is 16.6. The molecule has 10 aromatic rings. The van der Waals surface area contributed by atoms with Crippen molar-refractivity contribution in [3.63, 3.8) is 0 Å². The van der Waals surface area contributed by atoms with Crippen LogP contribution in [0.4, 0.5) is 17.1 Å². The van der Waals surface area contributed by atoms with Crippen LogP contribution in [0, 0.1) is 0 Å². The molecule has 0 atom stereocenters. The molecule has 230 valence electrons. The predicted octanol–water partition coefficient (Wildman–Crippen LogP) is 13.4. The second-order valence-corrected chi connectivity index (χ2v) is 12.5. The van der Waals surface area contributed by atoms with E-state index in [9.17, 15) is 0 Å². The van der Waals surface area contributed by atoms with E-state index in [0.29, 0.717) is 0 Å². The van der Waals surface area contributed by atoms with Crippen LogP contribution >= 0.6 is 0 Å². The lowest BCUT2D eigenvalue weighted by Gasteiger charge is -2.25. The molecule has 0 saturated heterocycles. The molecule has 3 heteroatoms. The molecule has 0 fully saturated rings. The first-order chi connectivity index (χ1) is 24.3. The molecule has 0 amide bonds. The first kappa shape index (κ1) is 27.5. The number of furan rings is 2.